The van der Waals surface area contributed by atoms with Gasteiger partial charge in [-0.3, -0.25) is 4.79 Å². The minimum atomic E-state index is -0.657. The number of halogens is 1. The fourth-order valence-electron chi connectivity index (χ4n) is 2.05. The van der Waals surface area contributed by atoms with Crippen LogP contribution in [0.1, 0.15) is 30.1 Å². The lowest BCUT2D eigenvalue weighted by Crippen LogP contribution is -2.45. The first-order valence-corrected chi connectivity index (χ1v) is 6.33. The van der Waals surface area contributed by atoms with Gasteiger partial charge in [-0.05, 0) is 38.0 Å². The van der Waals surface area contributed by atoms with Gasteiger partial charge in [0, 0.05) is 18.7 Å². The van der Waals surface area contributed by atoms with Gasteiger partial charge in [0.15, 0.2) is 0 Å². The molecule has 2 rings (SSSR count). The summed E-state index contributed by atoms with van der Waals surface area (Å²) in [7, 11) is 0. The summed E-state index contributed by atoms with van der Waals surface area (Å²) in [6, 6.07) is 4.90. The number of aliphatic hydroxyl groups is 1. The molecule has 1 aliphatic rings. The summed E-state index contributed by atoms with van der Waals surface area (Å²) in [5, 5.41) is 10.3. The molecule has 1 aliphatic heterocycles. The molecule has 1 amide bonds. The van der Waals surface area contributed by atoms with Crippen LogP contribution >= 0.6 is 11.6 Å². The molecule has 0 spiro atoms. The summed E-state index contributed by atoms with van der Waals surface area (Å²) in [4.78, 5) is 14.0. The second-order valence-corrected chi connectivity index (χ2v) is 5.43. The smallest absolute Gasteiger partial charge is 0.253 e. The van der Waals surface area contributed by atoms with E-state index in [1.54, 1.807) is 30.0 Å². The van der Waals surface area contributed by atoms with Crippen molar-refractivity contribution in [3.63, 3.8) is 0 Å². The maximum absolute atomic E-state index is 12.2. The summed E-state index contributed by atoms with van der Waals surface area (Å²) < 4.78 is 0. The van der Waals surface area contributed by atoms with Crippen LogP contribution in [0.25, 0.3) is 0 Å². The lowest BCUT2D eigenvalue weighted by Gasteiger charge is -2.35. The van der Waals surface area contributed by atoms with Crippen molar-refractivity contribution < 1.29 is 9.90 Å². The Kier molecular flexibility index (Phi) is 3.50. The number of likely N-dealkylation sites (tertiary alicyclic amines) is 1. The molecule has 0 aromatic heterocycles. The van der Waals surface area contributed by atoms with Crippen LogP contribution in [0.5, 0.6) is 0 Å². The zero-order valence-corrected chi connectivity index (χ0v) is 11.1. The Morgan fingerprint density at radius 3 is 2.61 bits per heavy atom. The minimum absolute atomic E-state index is 0.0612. The second kappa shape index (κ2) is 4.78. The summed E-state index contributed by atoms with van der Waals surface area (Å²) >= 11 is 5.83. The number of anilines is 1. The van der Waals surface area contributed by atoms with E-state index < -0.39 is 5.60 Å². The molecule has 18 heavy (non-hydrogen) atoms. The topological polar surface area (TPSA) is 66.6 Å². The predicted molar refractivity (Wildman–Crippen MR) is 71.6 cm³/mol. The first-order valence-electron chi connectivity index (χ1n) is 5.96. The molecule has 0 aliphatic carbocycles. The second-order valence-electron chi connectivity index (χ2n) is 5.03. The maximum Gasteiger partial charge on any atom is 0.253 e. The minimum Gasteiger partial charge on any atom is -0.398 e. The van der Waals surface area contributed by atoms with Crippen molar-refractivity contribution in [2.24, 2.45) is 0 Å². The Hall–Kier alpha value is -1.26. The van der Waals surface area contributed by atoms with Crippen LogP contribution in [0.3, 0.4) is 0 Å². The van der Waals surface area contributed by atoms with Crippen molar-refractivity contribution in [3.05, 3.63) is 28.8 Å². The zero-order chi connectivity index (χ0) is 13.3. The van der Waals surface area contributed by atoms with E-state index in [1.165, 1.54) is 0 Å². The molecular formula is C13H17ClN2O2. The third-order valence-corrected chi connectivity index (χ3v) is 3.71. The van der Waals surface area contributed by atoms with Crippen molar-refractivity contribution in [3.8, 4) is 0 Å². The molecular weight excluding hydrogens is 252 g/mol. The molecule has 1 heterocycles. The molecule has 3 N–H and O–H groups in total. The first-order chi connectivity index (χ1) is 8.39. The number of nitrogens with zero attached hydrogens (tertiary/aromatic N) is 1. The predicted octanol–water partition coefficient (Wildman–Crippen LogP) is 1.91. The molecule has 98 valence electrons. The van der Waals surface area contributed by atoms with Crippen LogP contribution in [0.4, 0.5) is 5.69 Å². The highest BCUT2D eigenvalue weighted by Gasteiger charge is 2.29. The molecule has 1 aromatic carbocycles. The number of nitrogen functional groups attached to an aromatic ring is 1. The van der Waals surface area contributed by atoms with Gasteiger partial charge in [0.05, 0.1) is 16.3 Å². The van der Waals surface area contributed by atoms with Gasteiger partial charge in [0.25, 0.3) is 5.91 Å². The molecule has 1 saturated heterocycles. The normalized spacial score (nSPS) is 18.7. The van der Waals surface area contributed by atoms with Gasteiger partial charge >= 0.3 is 0 Å². The first kappa shape index (κ1) is 13.2. The monoisotopic (exact) mass is 268 g/mol. The Morgan fingerprint density at radius 1 is 1.44 bits per heavy atom. The average molecular weight is 269 g/mol. The van der Waals surface area contributed by atoms with Crippen molar-refractivity contribution in [2.45, 2.75) is 25.4 Å². The van der Waals surface area contributed by atoms with E-state index >= 15 is 0 Å². The van der Waals surface area contributed by atoms with Crippen molar-refractivity contribution in [1.82, 2.24) is 4.90 Å². The molecule has 0 bridgehead atoms. The Morgan fingerprint density at radius 2 is 2.06 bits per heavy atom. The van der Waals surface area contributed by atoms with E-state index in [0.717, 1.165) is 0 Å². The zero-order valence-electron chi connectivity index (χ0n) is 10.3. The van der Waals surface area contributed by atoms with Crippen molar-refractivity contribution in [2.75, 3.05) is 18.8 Å². The van der Waals surface area contributed by atoms with Crippen molar-refractivity contribution in [1.29, 1.82) is 0 Å². The Bertz CT molecular complexity index is 464. The number of amides is 1. The summed E-state index contributed by atoms with van der Waals surface area (Å²) in [6.07, 6.45) is 1.20. The number of rotatable bonds is 1. The molecule has 0 atom stereocenters. The van der Waals surface area contributed by atoms with Gasteiger partial charge in [-0.2, -0.15) is 0 Å². The number of carbonyl (C=O) groups is 1. The van der Waals surface area contributed by atoms with E-state index in [2.05, 4.69) is 0 Å². The largest absolute Gasteiger partial charge is 0.398 e. The number of nitrogens with two attached hydrogens (primary N) is 1. The van der Waals surface area contributed by atoms with Gasteiger partial charge in [-0.25, -0.2) is 0 Å². The number of hydrogen-bond acceptors (Lipinski definition) is 3. The molecule has 0 saturated carbocycles. The molecule has 5 heteroatoms. The number of piperidine rings is 1. The van der Waals surface area contributed by atoms with Crippen LogP contribution in [0, 0.1) is 0 Å². The fourth-order valence-corrected chi connectivity index (χ4v) is 2.17. The highest BCUT2D eigenvalue weighted by atomic mass is 35.5. The van der Waals surface area contributed by atoms with E-state index in [0.29, 0.717) is 42.2 Å². The van der Waals surface area contributed by atoms with Crippen molar-refractivity contribution >= 4 is 23.2 Å². The van der Waals surface area contributed by atoms with E-state index in [4.69, 9.17) is 17.3 Å². The van der Waals surface area contributed by atoms with Crippen LogP contribution in [0.15, 0.2) is 18.2 Å². The van der Waals surface area contributed by atoms with Crippen LogP contribution in [-0.4, -0.2) is 34.6 Å². The number of carbonyl (C=O) groups excluding carboxylic acids is 1. The van der Waals surface area contributed by atoms with Crippen LogP contribution in [0.2, 0.25) is 5.02 Å². The molecule has 1 aromatic rings. The van der Waals surface area contributed by atoms with E-state index in [1.807, 2.05) is 0 Å². The van der Waals surface area contributed by atoms with E-state index in [-0.39, 0.29) is 5.91 Å². The van der Waals surface area contributed by atoms with Gasteiger partial charge in [-0.1, -0.05) is 11.6 Å². The Balaban J connectivity index is 2.10. The molecule has 1 fully saturated rings. The van der Waals surface area contributed by atoms with Gasteiger partial charge in [0.2, 0.25) is 0 Å². The Labute approximate surface area is 111 Å². The van der Waals surface area contributed by atoms with Gasteiger partial charge < -0.3 is 15.7 Å². The number of hydrogen-bond donors (Lipinski definition) is 2. The SMILES string of the molecule is CC1(O)CCN(C(=O)c2ccc(Cl)c(N)c2)CC1. The maximum atomic E-state index is 12.2. The van der Waals surface area contributed by atoms with Crippen LogP contribution in [-0.2, 0) is 0 Å². The van der Waals surface area contributed by atoms with Crippen LogP contribution < -0.4 is 5.73 Å². The standard InChI is InChI=1S/C13H17ClN2O2/c1-13(18)4-6-16(7-5-13)12(17)9-2-3-10(14)11(15)8-9/h2-3,8,18H,4-7,15H2,1H3. The highest BCUT2D eigenvalue weighted by molar-refractivity contribution is 6.33. The van der Waals surface area contributed by atoms with E-state index in [9.17, 15) is 9.90 Å². The summed E-state index contributed by atoms with van der Waals surface area (Å²) in [5.41, 5.74) is 5.98. The fraction of sp³-hybridized carbons (Fsp3) is 0.462. The van der Waals surface area contributed by atoms with Gasteiger partial charge in [-0.15, -0.1) is 0 Å². The number of benzene rings is 1. The molecule has 0 radical (unpaired) electrons. The third kappa shape index (κ3) is 2.76. The lowest BCUT2D eigenvalue weighted by molar-refractivity contribution is -0.00202. The lowest BCUT2D eigenvalue weighted by atomic mass is 9.93. The third-order valence-electron chi connectivity index (χ3n) is 3.37. The average Bonchev–Trinajstić information content (AvgIpc) is 2.32. The summed E-state index contributed by atoms with van der Waals surface area (Å²) in [5.74, 6) is -0.0612. The summed E-state index contributed by atoms with van der Waals surface area (Å²) in [6.45, 7) is 2.93. The molecule has 4 nitrogen and oxygen atoms in total. The highest BCUT2D eigenvalue weighted by Crippen LogP contribution is 2.24. The molecule has 0 unspecified atom stereocenters. The van der Waals surface area contributed by atoms with Gasteiger partial charge in [0.1, 0.15) is 0 Å². The quantitative estimate of drug-likeness (QED) is 0.765.